The molecule has 0 saturated heterocycles. The van der Waals surface area contributed by atoms with Gasteiger partial charge < -0.3 is 9.47 Å². The second kappa shape index (κ2) is 7.38. The minimum atomic E-state index is -0.554. The minimum Gasteiger partial charge on any atom is -0.481 e. The van der Waals surface area contributed by atoms with Crippen LogP contribution >= 0.6 is 22.9 Å². The molecule has 8 heteroatoms. The molecule has 0 spiro atoms. The highest BCUT2D eigenvalue weighted by molar-refractivity contribution is 7.15. The zero-order valence-electron chi connectivity index (χ0n) is 13.9. The molecule has 2 aromatic carbocycles. The van der Waals surface area contributed by atoms with E-state index in [1.807, 2.05) is 24.3 Å². The summed E-state index contributed by atoms with van der Waals surface area (Å²) in [4.78, 5) is 28.8. The topological polar surface area (TPSA) is 69.9 Å². The number of thiazole rings is 1. The second-order valence-electron chi connectivity index (χ2n) is 5.68. The van der Waals surface area contributed by atoms with Gasteiger partial charge in [0.25, 0.3) is 5.56 Å². The molecule has 4 rings (SSSR count). The zero-order chi connectivity index (χ0) is 18.8. The molecule has 4 aromatic rings. The van der Waals surface area contributed by atoms with E-state index < -0.39 is 5.97 Å². The van der Waals surface area contributed by atoms with Crippen molar-refractivity contribution in [3.05, 3.63) is 75.1 Å². The minimum absolute atomic E-state index is 0.0901. The Morgan fingerprint density at radius 3 is 2.85 bits per heavy atom. The number of fused-ring (bicyclic) bond motifs is 2. The van der Waals surface area contributed by atoms with Gasteiger partial charge in [0.1, 0.15) is 12.4 Å². The third-order valence-corrected chi connectivity index (χ3v) is 5.00. The lowest BCUT2D eigenvalue weighted by molar-refractivity contribution is -0.147. The van der Waals surface area contributed by atoms with Gasteiger partial charge in [0.15, 0.2) is 11.6 Å². The largest absolute Gasteiger partial charge is 0.481 e. The van der Waals surface area contributed by atoms with Gasteiger partial charge in [-0.25, -0.2) is 9.78 Å². The average Bonchev–Trinajstić information content (AvgIpc) is 3.15. The molecule has 136 valence electrons. The average molecular weight is 401 g/mol. The standard InChI is InChI=1S/C19H13ClN2O4S/c20-15-5-6-16(14-4-2-1-3-13(14)15)25-11-18(24)26-10-12-9-17(23)22-7-8-27-19(22)21-12/h1-9H,10-11H2. The molecular weight excluding hydrogens is 388 g/mol. The Bertz CT molecular complexity index is 1200. The van der Waals surface area contributed by atoms with Crippen LogP contribution in [-0.4, -0.2) is 22.0 Å². The summed E-state index contributed by atoms with van der Waals surface area (Å²) in [5, 5.41) is 4.04. The third-order valence-electron chi connectivity index (χ3n) is 3.91. The fourth-order valence-electron chi connectivity index (χ4n) is 2.66. The molecule has 0 radical (unpaired) electrons. The quantitative estimate of drug-likeness (QED) is 0.478. The van der Waals surface area contributed by atoms with E-state index >= 15 is 0 Å². The van der Waals surface area contributed by atoms with Crippen LogP contribution in [0.1, 0.15) is 5.69 Å². The number of esters is 1. The van der Waals surface area contributed by atoms with Crippen molar-refractivity contribution >= 4 is 44.6 Å². The van der Waals surface area contributed by atoms with Crippen LogP contribution < -0.4 is 10.3 Å². The Labute approximate surface area is 162 Å². The first-order valence-electron chi connectivity index (χ1n) is 8.03. The van der Waals surface area contributed by atoms with E-state index in [-0.39, 0.29) is 18.8 Å². The molecule has 0 unspecified atom stereocenters. The molecule has 2 heterocycles. The summed E-state index contributed by atoms with van der Waals surface area (Å²) >= 11 is 7.51. The summed E-state index contributed by atoms with van der Waals surface area (Å²) in [6, 6.07) is 12.3. The van der Waals surface area contributed by atoms with Crippen LogP contribution in [-0.2, 0) is 16.1 Å². The van der Waals surface area contributed by atoms with Crippen molar-refractivity contribution in [2.45, 2.75) is 6.61 Å². The predicted molar refractivity (Wildman–Crippen MR) is 104 cm³/mol. The van der Waals surface area contributed by atoms with Gasteiger partial charge in [0, 0.05) is 33.4 Å². The second-order valence-corrected chi connectivity index (χ2v) is 6.96. The van der Waals surface area contributed by atoms with E-state index in [1.165, 1.54) is 21.8 Å². The first-order valence-corrected chi connectivity index (χ1v) is 9.29. The summed E-state index contributed by atoms with van der Waals surface area (Å²) in [7, 11) is 0. The smallest absolute Gasteiger partial charge is 0.344 e. The molecule has 27 heavy (non-hydrogen) atoms. The number of ether oxygens (including phenoxy) is 2. The zero-order valence-corrected chi connectivity index (χ0v) is 15.5. The Morgan fingerprint density at radius 1 is 1.19 bits per heavy atom. The molecule has 0 aliphatic heterocycles. The van der Waals surface area contributed by atoms with Gasteiger partial charge in [-0.3, -0.25) is 9.20 Å². The van der Waals surface area contributed by atoms with Crippen LogP contribution in [0.15, 0.2) is 58.8 Å². The summed E-state index contributed by atoms with van der Waals surface area (Å²) in [6.45, 7) is -0.348. The highest BCUT2D eigenvalue weighted by atomic mass is 35.5. The van der Waals surface area contributed by atoms with Gasteiger partial charge in [-0.15, -0.1) is 11.3 Å². The number of aromatic nitrogens is 2. The summed E-state index contributed by atoms with van der Waals surface area (Å²) in [6.07, 6.45) is 1.65. The van der Waals surface area contributed by atoms with E-state index in [0.717, 1.165) is 10.8 Å². The fraction of sp³-hybridized carbons (Fsp3) is 0.105. The molecule has 0 atom stereocenters. The van der Waals surface area contributed by atoms with Crippen molar-refractivity contribution < 1.29 is 14.3 Å². The van der Waals surface area contributed by atoms with Crippen LogP contribution in [0.25, 0.3) is 15.7 Å². The Balaban J connectivity index is 1.41. The summed E-state index contributed by atoms with van der Waals surface area (Å²) in [5.41, 5.74) is 0.184. The molecule has 0 N–H and O–H groups in total. The highest BCUT2D eigenvalue weighted by Gasteiger charge is 2.10. The van der Waals surface area contributed by atoms with Gasteiger partial charge in [0.05, 0.1) is 5.69 Å². The van der Waals surface area contributed by atoms with Crippen LogP contribution in [0, 0.1) is 0 Å². The van der Waals surface area contributed by atoms with E-state index in [9.17, 15) is 9.59 Å². The number of carbonyl (C=O) groups excluding carboxylic acids is 1. The van der Waals surface area contributed by atoms with Gasteiger partial charge in [-0.1, -0.05) is 35.9 Å². The summed E-state index contributed by atoms with van der Waals surface area (Å²) < 4.78 is 12.2. The van der Waals surface area contributed by atoms with Crippen molar-refractivity contribution in [1.82, 2.24) is 9.38 Å². The lowest BCUT2D eigenvalue weighted by atomic mass is 10.1. The van der Waals surface area contributed by atoms with Crippen molar-refractivity contribution in [3.8, 4) is 5.75 Å². The monoisotopic (exact) mass is 400 g/mol. The molecule has 0 bridgehead atoms. The van der Waals surface area contributed by atoms with Crippen molar-refractivity contribution in [3.63, 3.8) is 0 Å². The molecule has 6 nitrogen and oxygen atoms in total. The number of hydrogen-bond donors (Lipinski definition) is 0. The number of benzene rings is 2. The maximum absolute atomic E-state index is 12.0. The van der Waals surface area contributed by atoms with E-state index in [2.05, 4.69) is 4.98 Å². The van der Waals surface area contributed by atoms with Gasteiger partial charge in [0.2, 0.25) is 0 Å². The van der Waals surface area contributed by atoms with Crippen molar-refractivity contribution in [2.24, 2.45) is 0 Å². The molecule has 2 aromatic heterocycles. The Hall–Kier alpha value is -2.90. The Morgan fingerprint density at radius 2 is 2.00 bits per heavy atom. The lowest BCUT2D eigenvalue weighted by Gasteiger charge is -2.10. The number of carbonyl (C=O) groups is 1. The number of nitrogens with zero attached hydrogens (tertiary/aromatic N) is 2. The van der Waals surface area contributed by atoms with Gasteiger partial charge in [-0.05, 0) is 12.1 Å². The SMILES string of the molecule is O=C(COc1ccc(Cl)c2ccccc12)OCc1cc(=O)n2ccsc2n1. The maximum atomic E-state index is 12.0. The van der Waals surface area contributed by atoms with E-state index in [1.54, 1.807) is 23.7 Å². The first kappa shape index (κ1) is 17.5. The molecule has 0 fully saturated rings. The first-order chi connectivity index (χ1) is 13.1. The van der Waals surface area contributed by atoms with Crippen molar-refractivity contribution in [1.29, 1.82) is 0 Å². The van der Waals surface area contributed by atoms with Gasteiger partial charge in [-0.2, -0.15) is 0 Å². The molecule has 0 aliphatic carbocycles. The third kappa shape index (κ3) is 3.65. The van der Waals surface area contributed by atoms with Gasteiger partial charge >= 0.3 is 5.97 Å². The maximum Gasteiger partial charge on any atom is 0.344 e. The predicted octanol–water partition coefficient (Wildman–Crippen LogP) is 3.68. The molecular formula is C19H13ClN2O4S. The highest BCUT2D eigenvalue weighted by Crippen LogP contribution is 2.31. The fourth-order valence-corrected chi connectivity index (χ4v) is 3.62. The Kier molecular flexibility index (Phi) is 4.79. The normalized spacial score (nSPS) is 11.0. The number of rotatable bonds is 5. The lowest BCUT2D eigenvalue weighted by Crippen LogP contribution is -2.17. The molecule has 0 saturated carbocycles. The van der Waals surface area contributed by atoms with Crippen LogP contribution in [0.2, 0.25) is 5.02 Å². The molecule has 0 amide bonds. The number of halogens is 1. The number of hydrogen-bond acceptors (Lipinski definition) is 6. The van der Waals surface area contributed by atoms with E-state index in [4.69, 9.17) is 21.1 Å². The summed E-state index contributed by atoms with van der Waals surface area (Å²) in [5.74, 6) is -0.00876. The van der Waals surface area contributed by atoms with Crippen molar-refractivity contribution in [2.75, 3.05) is 6.61 Å². The van der Waals surface area contributed by atoms with E-state index in [0.29, 0.717) is 21.4 Å². The van der Waals surface area contributed by atoms with Crippen LogP contribution in [0.3, 0.4) is 0 Å². The molecule has 0 aliphatic rings. The van der Waals surface area contributed by atoms with Crippen LogP contribution in [0.5, 0.6) is 5.75 Å². The van der Waals surface area contributed by atoms with Crippen LogP contribution in [0.4, 0.5) is 0 Å².